The first kappa shape index (κ1) is 14.5. The number of phenols is 1. The van der Waals surface area contributed by atoms with Gasteiger partial charge in [-0.15, -0.1) is 0 Å². The summed E-state index contributed by atoms with van der Waals surface area (Å²) in [7, 11) is -3.69. The lowest BCUT2D eigenvalue weighted by molar-refractivity contribution is 0.475. The molecule has 0 unspecified atom stereocenters. The summed E-state index contributed by atoms with van der Waals surface area (Å²) < 4.78 is 24.6. The van der Waals surface area contributed by atoms with Crippen LogP contribution in [0.1, 0.15) is 5.56 Å². The standard InChI is InChI=1S/C13H11BrN2O3S/c14-11-4-6-13(7-5-11)20(18,19)16-15-9-10-2-1-3-12(17)8-10/h1-9,16-17H/b15-9-. The minimum absolute atomic E-state index is 0.0877. The normalized spacial score (nSPS) is 11.7. The van der Waals surface area contributed by atoms with Crippen molar-refractivity contribution >= 4 is 32.2 Å². The van der Waals surface area contributed by atoms with Crippen LogP contribution in [0.25, 0.3) is 0 Å². The van der Waals surface area contributed by atoms with Crippen molar-refractivity contribution in [2.24, 2.45) is 5.10 Å². The summed E-state index contributed by atoms with van der Waals surface area (Å²) in [5, 5.41) is 12.9. The fraction of sp³-hybridized carbons (Fsp3) is 0. The first-order valence-corrected chi connectivity index (χ1v) is 7.84. The summed E-state index contributed by atoms with van der Waals surface area (Å²) in [6, 6.07) is 12.5. The maximum absolute atomic E-state index is 11.9. The van der Waals surface area contributed by atoms with E-state index in [9.17, 15) is 13.5 Å². The highest BCUT2D eigenvalue weighted by Gasteiger charge is 2.11. The van der Waals surface area contributed by atoms with Crippen LogP contribution in [0.4, 0.5) is 0 Å². The van der Waals surface area contributed by atoms with Crippen molar-refractivity contribution in [3.63, 3.8) is 0 Å². The minimum Gasteiger partial charge on any atom is -0.508 e. The number of hydrogen-bond acceptors (Lipinski definition) is 4. The lowest BCUT2D eigenvalue weighted by Gasteiger charge is -2.03. The van der Waals surface area contributed by atoms with Crippen molar-refractivity contribution in [3.8, 4) is 5.75 Å². The van der Waals surface area contributed by atoms with Gasteiger partial charge in [0.15, 0.2) is 0 Å². The Kier molecular flexibility index (Phi) is 4.41. The molecule has 2 rings (SSSR count). The van der Waals surface area contributed by atoms with E-state index in [1.165, 1.54) is 30.5 Å². The maximum atomic E-state index is 11.9. The van der Waals surface area contributed by atoms with E-state index in [2.05, 4.69) is 25.9 Å². The predicted octanol–water partition coefficient (Wildman–Crippen LogP) is 2.47. The molecule has 0 aliphatic heterocycles. The van der Waals surface area contributed by atoms with Gasteiger partial charge in [-0.3, -0.25) is 0 Å². The molecule has 0 saturated heterocycles. The summed E-state index contributed by atoms with van der Waals surface area (Å²) in [5.74, 6) is 0.0877. The molecule has 0 aliphatic rings. The van der Waals surface area contributed by atoms with Crippen molar-refractivity contribution < 1.29 is 13.5 Å². The number of sulfonamides is 1. The van der Waals surface area contributed by atoms with Gasteiger partial charge >= 0.3 is 0 Å². The molecule has 0 aliphatic carbocycles. The highest BCUT2D eigenvalue weighted by molar-refractivity contribution is 9.10. The van der Waals surface area contributed by atoms with Crippen LogP contribution >= 0.6 is 15.9 Å². The second kappa shape index (κ2) is 6.06. The third-order valence-corrected chi connectivity index (χ3v) is 4.15. The smallest absolute Gasteiger partial charge is 0.276 e. The van der Waals surface area contributed by atoms with Crippen LogP contribution in [0.5, 0.6) is 5.75 Å². The van der Waals surface area contributed by atoms with Gasteiger partial charge in [0.2, 0.25) is 0 Å². The van der Waals surface area contributed by atoms with E-state index in [4.69, 9.17) is 0 Å². The molecule has 2 N–H and O–H groups in total. The summed E-state index contributed by atoms with van der Waals surface area (Å²) in [5.41, 5.74) is 0.587. The molecule has 0 bridgehead atoms. The Hall–Kier alpha value is -1.86. The summed E-state index contributed by atoms with van der Waals surface area (Å²) in [4.78, 5) is 2.23. The third kappa shape index (κ3) is 3.82. The summed E-state index contributed by atoms with van der Waals surface area (Å²) >= 11 is 3.23. The molecule has 0 amide bonds. The number of rotatable bonds is 4. The van der Waals surface area contributed by atoms with E-state index in [-0.39, 0.29) is 10.6 Å². The van der Waals surface area contributed by atoms with E-state index in [0.717, 1.165) is 4.47 Å². The van der Waals surface area contributed by atoms with E-state index < -0.39 is 10.0 Å². The molecular formula is C13H11BrN2O3S. The van der Waals surface area contributed by atoms with E-state index >= 15 is 0 Å². The van der Waals surface area contributed by atoms with Crippen LogP contribution in [0, 0.1) is 0 Å². The molecule has 0 atom stereocenters. The van der Waals surface area contributed by atoms with Crippen LogP contribution in [-0.4, -0.2) is 19.7 Å². The molecule has 104 valence electrons. The zero-order valence-corrected chi connectivity index (χ0v) is 12.6. The van der Waals surface area contributed by atoms with Crippen LogP contribution in [-0.2, 0) is 10.0 Å². The van der Waals surface area contributed by atoms with E-state index in [0.29, 0.717) is 5.56 Å². The Labute approximate surface area is 125 Å². The van der Waals surface area contributed by atoms with Gasteiger partial charge in [-0.1, -0.05) is 28.1 Å². The van der Waals surface area contributed by atoms with Crippen LogP contribution < -0.4 is 4.83 Å². The van der Waals surface area contributed by atoms with Gasteiger partial charge in [0.25, 0.3) is 10.0 Å². The fourth-order valence-electron chi connectivity index (χ4n) is 1.44. The Morgan fingerprint density at radius 3 is 2.50 bits per heavy atom. The average Bonchev–Trinajstić information content (AvgIpc) is 2.39. The van der Waals surface area contributed by atoms with E-state index in [1.807, 2.05) is 0 Å². The molecule has 20 heavy (non-hydrogen) atoms. The van der Waals surface area contributed by atoms with Gasteiger partial charge < -0.3 is 5.11 Å². The maximum Gasteiger partial charge on any atom is 0.276 e. The molecule has 0 fully saturated rings. The molecule has 7 heteroatoms. The number of nitrogens with zero attached hydrogens (tertiary/aromatic N) is 1. The van der Waals surface area contributed by atoms with Gasteiger partial charge in [0.1, 0.15) is 5.75 Å². The van der Waals surface area contributed by atoms with Crippen LogP contribution in [0.3, 0.4) is 0 Å². The fourth-order valence-corrected chi connectivity index (χ4v) is 2.50. The molecular weight excluding hydrogens is 344 g/mol. The Bertz CT molecular complexity index is 728. The van der Waals surface area contributed by atoms with Gasteiger partial charge in [0.05, 0.1) is 11.1 Å². The number of benzene rings is 2. The average molecular weight is 355 g/mol. The van der Waals surface area contributed by atoms with Gasteiger partial charge in [0, 0.05) is 4.47 Å². The Morgan fingerprint density at radius 2 is 1.85 bits per heavy atom. The van der Waals surface area contributed by atoms with Gasteiger partial charge in [-0.05, 0) is 42.0 Å². The molecule has 2 aromatic rings. The first-order chi connectivity index (χ1) is 9.47. The second-order valence-corrected chi connectivity index (χ2v) is 6.48. The lowest BCUT2D eigenvalue weighted by Crippen LogP contribution is -2.18. The van der Waals surface area contributed by atoms with Gasteiger partial charge in [-0.25, -0.2) is 4.83 Å². The number of halogens is 1. The topological polar surface area (TPSA) is 78.8 Å². The second-order valence-electron chi connectivity index (χ2n) is 3.90. The first-order valence-electron chi connectivity index (χ1n) is 5.57. The van der Waals surface area contributed by atoms with Crippen molar-refractivity contribution in [2.45, 2.75) is 4.90 Å². The zero-order valence-electron chi connectivity index (χ0n) is 10.2. The molecule has 0 saturated carbocycles. The van der Waals surface area contributed by atoms with Gasteiger partial charge in [-0.2, -0.15) is 13.5 Å². The molecule has 0 heterocycles. The highest BCUT2D eigenvalue weighted by Crippen LogP contribution is 2.14. The van der Waals surface area contributed by atoms with Crippen LogP contribution in [0.15, 0.2) is 63.0 Å². The lowest BCUT2D eigenvalue weighted by atomic mass is 10.2. The Balaban J connectivity index is 2.11. The molecule has 2 aromatic carbocycles. The molecule has 0 aromatic heterocycles. The number of nitrogens with one attached hydrogen (secondary N) is 1. The summed E-state index contributed by atoms with van der Waals surface area (Å²) in [6.45, 7) is 0. The number of hydrazone groups is 1. The largest absolute Gasteiger partial charge is 0.508 e. The zero-order chi connectivity index (χ0) is 14.6. The predicted molar refractivity (Wildman–Crippen MR) is 80.2 cm³/mol. The monoisotopic (exact) mass is 354 g/mol. The Morgan fingerprint density at radius 1 is 1.15 bits per heavy atom. The number of phenolic OH excluding ortho intramolecular Hbond substituents is 1. The SMILES string of the molecule is O=S(=O)(N/N=C\c1cccc(O)c1)c1ccc(Br)cc1. The number of hydrogen-bond donors (Lipinski definition) is 2. The minimum atomic E-state index is -3.69. The molecule has 5 nitrogen and oxygen atoms in total. The number of aromatic hydroxyl groups is 1. The summed E-state index contributed by atoms with van der Waals surface area (Å²) in [6.07, 6.45) is 1.32. The van der Waals surface area contributed by atoms with Crippen molar-refractivity contribution in [3.05, 3.63) is 58.6 Å². The molecule has 0 spiro atoms. The molecule has 0 radical (unpaired) electrons. The van der Waals surface area contributed by atoms with E-state index in [1.54, 1.807) is 24.3 Å². The highest BCUT2D eigenvalue weighted by atomic mass is 79.9. The van der Waals surface area contributed by atoms with Crippen molar-refractivity contribution in [1.29, 1.82) is 0 Å². The quantitative estimate of drug-likeness (QED) is 0.653. The van der Waals surface area contributed by atoms with Crippen LogP contribution in [0.2, 0.25) is 0 Å². The third-order valence-electron chi connectivity index (χ3n) is 2.38. The van der Waals surface area contributed by atoms with Crippen molar-refractivity contribution in [1.82, 2.24) is 4.83 Å². The van der Waals surface area contributed by atoms with Crippen molar-refractivity contribution in [2.75, 3.05) is 0 Å².